The van der Waals surface area contributed by atoms with Crippen molar-refractivity contribution >= 4 is 17.2 Å². The van der Waals surface area contributed by atoms with Crippen molar-refractivity contribution in [1.29, 1.82) is 0 Å². The SMILES string of the molecule is CCC(NC(=O)[C@H]1CCCNC1)c1nccs1. The van der Waals surface area contributed by atoms with E-state index >= 15 is 0 Å². The van der Waals surface area contributed by atoms with Crippen LogP contribution in [-0.4, -0.2) is 24.0 Å². The topological polar surface area (TPSA) is 54.0 Å². The van der Waals surface area contributed by atoms with Gasteiger partial charge in [-0.15, -0.1) is 11.3 Å². The number of hydrogen-bond donors (Lipinski definition) is 2. The van der Waals surface area contributed by atoms with E-state index in [1.165, 1.54) is 0 Å². The molecule has 0 spiro atoms. The van der Waals surface area contributed by atoms with Crippen LogP contribution in [0.25, 0.3) is 0 Å². The van der Waals surface area contributed by atoms with Gasteiger partial charge in [-0.05, 0) is 25.8 Å². The molecule has 17 heavy (non-hydrogen) atoms. The molecule has 1 saturated heterocycles. The molecule has 2 rings (SSSR count). The summed E-state index contributed by atoms with van der Waals surface area (Å²) in [6.07, 6.45) is 4.76. The van der Waals surface area contributed by atoms with Gasteiger partial charge in [0, 0.05) is 18.1 Å². The quantitative estimate of drug-likeness (QED) is 0.859. The van der Waals surface area contributed by atoms with E-state index in [-0.39, 0.29) is 17.9 Å². The first kappa shape index (κ1) is 12.5. The fourth-order valence-corrected chi connectivity index (χ4v) is 2.88. The number of hydrogen-bond acceptors (Lipinski definition) is 4. The second kappa shape index (κ2) is 6.12. The van der Waals surface area contributed by atoms with Crippen molar-refractivity contribution < 1.29 is 4.79 Å². The Bertz CT molecular complexity index is 347. The van der Waals surface area contributed by atoms with Crippen molar-refractivity contribution in [2.24, 2.45) is 5.92 Å². The molecule has 1 unspecified atom stereocenters. The van der Waals surface area contributed by atoms with Gasteiger partial charge >= 0.3 is 0 Å². The molecule has 2 N–H and O–H groups in total. The van der Waals surface area contributed by atoms with Crippen molar-refractivity contribution in [1.82, 2.24) is 15.6 Å². The first-order valence-corrected chi connectivity index (χ1v) is 7.09. The Labute approximate surface area is 106 Å². The summed E-state index contributed by atoms with van der Waals surface area (Å²) in [5, 5.41) is 9.33. The maximum atomic E-state index is 12.1. The third kappa shape index (κ3) is 3.26. The van der Waals surface area contributed by atoms with Gasteiger partial charge in [0.15, 0.2) is 0 Å². The minimum Gasteiger partial charge on any atom is -0.347 e. The zero-order valence-electron chi connectivity index (χ0n) is 10.1. The molecule has 1 aromatic rings. The number of amides is 1. The van der Waals surface area contributed by atoms with Crippen LogP contribution in [0.15, 0.2) is 11.6 Å². The Kier molecular flexibility index (Phi) is 4.50. The second-order valence-electron chi connectivity index (χ2n) is 4.38. The summed E-state index contributed by atoms with van der Waals surface area (Å²) in [6.45, 7) is 3.92. The predicted octanol–water partition coefficient (Wildman–Crippen LogP) is 1.71. The normalized spacial score (nSPS) is 22.1. The van der Waals surface area contributed by atoms with E-state index in [9.17, 15) is 4.79 Å². The summed E-state index contributed by atoms with van der Waals surface area (Å²) in [7, 11) is 0. The molecule has 1 aliphatic rings. The Hall–Kier alpha value is -0.940. The smallest absolute Gasteiger partial charge is 0.224 e. The monoisotopic (exact) mass is 253 g/mol. The van der Waals surface area contributed by atoms with Crippen LogP contribution in [-0.2, 0) is 4.79 Å². The first-order valence-electron chi connectivity index (χ1n) is 6.21. The molecular formula is C12H19N3OS. The van der Waals surface area contributed by atoms with E-state index in [2.05, 4.69) is 22.5 Å². The van der Waals surface area contributed by atoms with Gasteiger partial charge in [-0.25, -0.2) is 4.98 Å². The van der Waals surface area contributed by atoms with Crippen molar-refractivity contribution in [2.45, 2.75) is 32.2 Å². The Balaban J connectivity index is 1.92. The van der Waals surface area contributed by atoms with Crippen LogP contribution >= 0.6 is 11.3 Å². The minimum atomic E-state index is 0.0735. The van der Waals surface area contributed by atoms with Crippen molar-refractivity contribution in [3.05, 3.63) is 16.6 Å². The minimum absolute atomic E-state index is 0.0735. The molecule has 4 nitrogen and oxygen atoms in total. The first-order chi connectivity index (χ1) is 8.31. The highest BCUT2D eigenvalue weighted by Crippen LogP contribution is 2.20. The molecule has 0 aromatic carbocycles. The molecular weight excluding hydrogens is 234 g/mol. The highest BCUT2D eigenvalue weighted by molar-refractivity contribution is 7.09. The summed E-state index contributed by atoms with van der Waals surface area (Å²) in [6, 6.07) is 0.0735. The summed E-state index contributed by atoms with van der Waals surface area (Å²) >= 11 is 1.60. The molecule has 1 amide bonds. The average molecular weight is 253 g/mol. The number of aromatic nitrogens is 1. The maximum absolute atomic E-state index is 12.1. The molecule has 1 fully saturated rings. The van der Waals surface area contributed by atoms with Crippen LogP contribution in [0.3, 0.4) is 0 Å². The standard InChI is InChI=1S/C12H19N3OS/c1-2-10(12-14-6-7-17-12)15-11(16)9-4-3-5-13-8-9/h6-7,9-10,13H,2-5,8H2,1H3,(H,15,16)/t9-,10?/m0/s1. The lowest BCUT2D eigenvalue weighted by molar-refractivity contribution is -0.126. The number of carbonyl (C=O) groups excluding carboxylic acids is 1. The highest BCUT2D eigenvalue weighted by atomic mass is 32.1. The molecule has 1 aliphatic heterocycles. The van der Waals surface area contributed by atoms with Crippen LogP contribution < -0.4 is 10.6 Å². The lowest BCUT2D eigenvalue weighted by atomic mass is 9.98. The predicted molar refractivity (Wildman–Crippen MR) is 68.9 cm³/mol. The molecule has 0 saturated carbocycles. The highest BCUT2D eigenvalue weighted by Gasteiger charge is 2.23. The number of nitrogens with one attached hydrogen (secondary N) is 2. The fraction of sp³-hybridized carbons (Fsp3) is 0.667. The van der Waals surface area contributed by atoms with Gasteiger partial charge < -0.3 is 10.6 Å². The van der Waals surface area contributed by atoms with Crippen LogP contribution in [0.5, 0.6) is 0 Å². The number of nitrogens with zero attached hydrogens (tertiary/aromatic N) is 1. The maximum Gasteiger partial charge on any atom is 0.224 e. The van der Waals surface area contributed by atoms with Crippen molar-refractivity contribution in [3.8, 4) is 0 Å². The molecule has 2 atom stereocenters. The third-order valence-corrected chi connectivity index (χ3v) is 4.03. The summed E-state index contributed by atoms with van der Waals surface area (Å²) in [5.41, 5.74) is 0. The zero-order chi connectivity index (χ0) is 12.1. The van der Waals surface area contributed by atoms with Crippen LogP contribution in [0.2, 0.25) is 0 Å². The fourth-order valence-electron chi connectivity index (χ4n) is 2.11. The zero-order valence-corrected chi connectivity index (χ0v) is 10.9. The molecule has 5 heteroatoms. The van der Waals surface area contributed by atoms with Gasteiger partial charge in [0.1, 0.15) is 5.01 Å². The lowest BCUT2D eigenvalue weighted by Crippen LogP contribution is -2.41. The summed E-state index contributed by atoms with van der Waals surface area (Å²) in [5.74, 6) is 0.289. The van der Waals surface area contributed by atoms with E-state index in [0.717, 1.165) is 37.4 Å². The van der Waals surface area contributed by atoms with E-state index < -0.39 is 0 Å². The Morgan fingerprint density at radius 3 is 3.24 bits per heavy atom. The lowest BCUT2D eigenvalue weighted by Gasteiger charge is -2.24. The molecule has 0 bridgehead atoms. The second-order valence-corrected chi connectivity index (χ2v) is 5.31. The van der Waals surface area contributed by atoms with Gasteiger partial charge in [-0.3, -0.25) is 4.79 Å². The van der Waals surface area contributed by atoms with E-state index in [4.69, 9.17) is 0 Å². The van der Waals surface area contributed by atoms with Gasteiger partial charge in [0.25, 0.3) is 0 Å². The number of rotatable bonds is 4. The van der Waals surface area contributed by atoms with E-state index in [1.807, 2.05) is 5.38 Å². The molecule has 0 radical (unpaired) electrons. The van der Waals surface area contributed by atoms with Crippen LogP contribution in [0.1, 0.15) is 37.2 Å². The van der Waals surface area contributed by atoms with E-state index in [0.29, 0.717) is 0 Å². The average Bonchev–Trinajstić information content (AvgIpc) is 2.90. The van der Waals surface area contributed by atoms with Gasteiger partial charge in [-0.2, -0.15) is 0 Å². The molecule has 2 heterocycles. The van der Waals surface area contributed by atoms with Crippen LogP contribution in [0, 0.1) is 5.92 Å². The van der Waals surface area contributed by atoms with Crippen molar-refractivity contribution in [2.75, 3.05) is 13.1 Å². The Morgan fingerprint density at radius 2 is 2.65 bits per heavy atom. The number of carbonyl (C=O) groups is 1. The van der Waals surface area contributed by atoms with Crippen molar-refractivity contribution in [3.63, 3.8) is 0 Å². The van der Waals surface area contributed by atoms with Gasteiger partial charge in [0.2, 0.25) is 5.91 Å². The van der Waals surface area contributed by atoms with Gasteiger partial charge in [0.05, 0.1) is 12.0 Å². The molecule has 0 aliphatic carbocycles. The van der Waals surface area contributed by atoms with Crippen LogP contribution in [0.4, 0.5) is 0 Å². The van der Waals surface area contributed by atoms with Gasteiger partial charge in [-0.1, -0.05) is 6.92 Å². The van der Waals surface area contributed by atoms with E-state index in [1.54, 1.807) is 17.5 Å². The molecule has 1 aromatic heterocycles. The molecule has 94 valence electrons. The number of piperidine rings is 1. The third-order valence-electron chi connectivity index (χ3n) is 3.14. The number of thiazole rings is 1. The summed E-state index contributed by atoms with van der Waals surface area (Å²) < 4.78 is 0. The largest absolute Gasteiger partial charge is 0.347 e. The Morgan fingerprint density at radius 1 is 1.76 bits per heavy atom. The summed E-state index contributed by atoms with van der Waals surface area (Å²) in [4.78, 5) is 16.4.